The fraction of sp³-hybridized carbons (Fsp3) is 0.286. The molecule has 0 amide bonds. The van der Waals surface area contributed by atoms with E-state index < -0.39 is 0 Å². The Morgan fingerprint density at radius 1 is 1.00 bits per heavy atom. The van der Waals surface area contributed by atoms with E-state index in [4.69, 9.17) is 14.2 Å². The van der Waals surface area contributed by atoms with E-state index in [9.17, 15) is 0 Å². The fourth-order valence-electron chi connectivity index (χ4n) is 4.21. The number of benzene rings is 3. The second kappa shape index (κ2) is 10.5. The lowest BCUT2D eigenvalue weighted by molar-refractivity contribution is 0.298. The average Bonchev–Trinajstić information content (AvgIpc) is 2.82. The molecule has 0 aliphatic carbocycles. The minimum Gasteiger partial charge on any atom is -0.496 e. The van der Waals surface area contributed by atoms with Crippen LogP contribution in [0.4, 0.5) is 0 Å². The highest BCUT2D eigenvalue weighted by Crippen LogP contribution is 2.35. The van der Waals surface area contributed by atoms with Gasteiger partial charge >= 0.3 is 0 Å². The zero-order valence-electron chi connectivity index (χ0n) is 19.6. The lowest BCUT2D eigenvalue weighted by Crippen LogP contribution is -2.46. The zero-order valence-corrected chi connectivity index (χ0v) is 19.6. The van der Waals surface area contributed by atoms with Gasteiger partial charge in [-0.2, -0.15) is 0 Å². The Labute approximate surface area is 196 Å². The summed E-state index contributed by atoms with van der Waals surface area (Å²) in [5.41, 5.74) is 6.87. The van der Waals surface area contributed by atoms with Gasteiger partial charge in [0, 0.05) is 43.4 Å². The maximum atomic E-state index is 6.18. The third-order valence-corrected chi connectivity index (χ3v) is 6.10. The summed E-state index contributed by atoms with van der Waals surface area (Å²) in [7, 11) is 3.35. The summed E-state index contributed by atoms with van der Waals surface area (Å²) in [6, 6.07) is 21.1. The van der Waals surface area contributed by atoms with E-state index >= 15 is 0 Å². The first-order chi connectivity index (χ1) is 16.1. The van der Waals surface area contributed by atoms with Gasteiger partial charge in [-0.25, -0.2) is 0 Å². The van der Waals surface area contributed by atoms with E-state index in [0.717, 1.165) is 41.3 Å². The molecular formula is C28H32N2O3. The van der Waals surface area contributed by atoms with E-state index in [-0.39, 0.29) is 0 Å². The number of rotatable bonds is 10. The van der Waals surface area contributed by atoms with Gasteiger partial charge in [0.15, 0.2) is 0 Å². The molecule has 1 aliphatic heterocycles. The average molecular weight is 445 g/mol. The van der Waals surface area contributed by atoms with E-state index in [0.29, 0.717) is 24.9 Å². The molecule has 33 heavy (non-hydrogen) atoms. The van der Waals surface area contributed by atoms with Crippen LogP contribution in [0.5, 0.6) is 17.2 Å². The first kappa shape index (κ1) is 22.7. The molecule has 1 fully saturated rings. The number of hydrogen-bond donors (Lipinski definition) is 2. The van der Waals surface area contributed by atoms with Crippen molar-refractivity contribution in [3.63, 3.8) is 0 Å². The monoisotopic (exact) mass is 444 g/mol. The fourth-order valence-corrected chi connectivity index (χ4v) is 4.21. The van der Waals surface area contributed by atoms with Crippen LogP contribution in [0.2, 0.25) is 0 Å². The molecule has 1 aliphatic rings. The molecule has 5 nitrogen and oxygen atoms in total. The minimum absolute atomic E-state index is 0.437. The molecule has 172 valence electrons. The van der Waals surface area contributed by atoms with Crippen molar-refractivity contribution >= 4 is 0 Å². The Hall–Kier alpha value is -3.44. The lowest BCUT2D eigenvalue weighted by Gasteiger charge is -2.31. The van der Waals surface area contributed by atoms with Crippen LogP contribution in [0.3, 0.4) is 0 Å². The molecule has 0 spiro atoms. The predicted octanol–water partition coefficient (Wildman–Crippen LogP) is 5.22. The Morgan fingerprint density at radius 2 is 1.70 bits per heavy atom. The summed E-state index contributed by atoms with van der Waals surface area (Å²) >= 11 is 0. The van der Waals surface area contributed by atoms with Crippen molar-refractivity contribution in [1.82, 2.24) is 10.6 Å². The Morgan fingerprint density at radius 3 is 2.33 bits per heavy atom. The summed E-state index contributed by atoms with van der Waals surface area (Å²) in [4.78, 5) is 0. The summed E-state index contributed by atoms with van der Waals surface area (Å²) in [5.74, 6) is 2.21. The molecule has 2 N–H and O–H groups in total. The van der Waals surface area contributed by atoms with Crippen LogP contribution in [0.15, 0.2) is 72.9 Å². The molecule has 0 aromatic heterocycles. The molecule has 0 bridgehead atoms. The molecule has 0 saturated carbocycles. The van der Waals surface area contributed by atoms with Gasteiger partial charge in [-0.15, -0.1) is 0 Å². The van der Waals surface area contributed by atoms with Crippen molar-refractivity contribution in [3.05, 3.63) is 89.6 Å². The summed E-state index contributed by atoms with van der Waals surface area (Å²) < 4.78 is 17.5. The van der Waals surface area contributed by atoms with Crippen LogP contribution in [-0.2, 0) is 13.2 Å². The van der Waals surface area contributed by atoms with Gasteiger partial charge in [0.1, 0.15) is 23.9 Å². The minimum atomic E-state index is 0.437. The Kier molecular flexibility index (Phi) is 7.20. The Bertz CT molecular complexity index is 1080. The molecule has 1 heterocycles. The van der Waals surface area contributed by atoms with Crippen LogP contribution >= 0.6 is 0 Å². The van der Waals surface area contributed by atoms with E-state index in [2.05, 4.69) is 66.6 Å². The SMILES string of the molecule is C=C1CC(CNCc2c(OC)cc(OCc3cccc(-c4ccccc4)c3C)cc2OC)N1. The third-order valence-electron chi connectivity index (χ3n) is 6.10. The number of nitrogens with one attached hydrogen (secondary N) is 2. The standard InChI is InChI=1S/C28H32N2O3/c1-19-13-23(30-19)16-29-17-26-27(31-3)14-24(15-28(26)32-4)33-18-22-11-8-12-25(20(22)2)21-9-6-5-7-10-21/h5-12,14-15,23,29-30H,1,13,16-18H2,2-4H3. The predicted molar refractivity (Wildman–Crippen MR) is 133 cm³/mol. The number of hydrogen-bond acceptors (Lipinski definition) is 5. The first-order valence-electron chi connectivity index (χ1n) is 11.3. The molecule has 3 aromatic rings. The van der Waals surface area contributed by atoms with Gasteiger partial charge in [0.05, 0.1) is 19.8 Å². The van der Waals surface area contributed by atoms with Gasteiger partial charge < -0.3 is 24.8 Å². The van der Waals surface area contributed by atoms with Crippen molar-refractivity contribution in [2.24, 2.45) is 0 Å². The van der Waals surface area contributed by atoms with Gasteiger partial charge in [-0.3, -0.25) is 0 Å². The normalized spacial score (nSPS) is 14.9. The van der Waals surface area contributed by atoms with Gasteiger partial charge in [-0.1, -0.05) is 55.1 Å². The van der Waals surface area contributed by atoms with Gasteiger partial charge in [0.25, 0.3) is 0 Å². The molecule has 1 saturated heterocycles. The number of methoxy groups -OCH3 is 2. The highest BCUT2D eigenvalue weighted by Gasteiger charge is 2.20. The summed E-state index contributed by atoms with van der Waals surface area (Å²) in [6.45, 7) is 8.03. The molecule has 3 aromatic carbocycles. The summed E-state index contributed by atoms with van der Waals surface area (Å²) in [6.07, 6.45) is 1.01. The number of ether oxygens (including phenoxy) is 3. The summed E-state index contributed by atoms with van der Waals surface area (Å²) in [5, 5.41) is 6.78. The molecule has 1 unspecified atom stereocenters. The lowest BCUT2D eigenvalue weighted by atomic mass is 9.97. The van der Waals surface area contributed by atoms with Crippen molar-refractivity contribution < 1.29 is 14.2 Å². The van der Waals surface area contributed by atoms with E-state index in [1.165, 1.54) is 16.7 Å². The Balaban J connectivity index is 1.46. The largest absolute Gasteiger partial charge is 0.496 e. The maximum absolute atomic E-state index is 6.18. The second-order valence-electron chi connectivity index (χ2n) is 8.33. The van der Waals surface area contributed by atoms with Crippen molar-refractivity contribution in [2.75, 3.05) is 20.8 Å². The van der Waals surface area contributed by atoms with Crippen LogP contribution in [-0.4, -0.2) is 26.8 Å². The highest BCUT2D eigenvalue weighted by atomic mass is 16.5. The topological polar surface area (TPSA) is 51.8 Å². The van der Waals surface area contributed by atoms with Crippen LogP contribution < -0.4 is 24.8 Å². The van der Waals surface area contributed by atoms with Gasteiger partial charge in [-0.05, 0) is 29.2 Å². The van der Waals surface area contributed by atoms with E-state index in [1.807, 2.05) is 18.2 Å². The quantitative estimate of drug-likeness (QED) is 0.449. The maximum Gasteiger partial charge on any atom is 0.130 e. The van der Waals surface area contributed by atoms with Crippen molar-refractivity contribution in [2.45, 2.75) is 32.5 Å². The van der Waals surface area contributed by atoms with Crippen LogP contribution in [0.1, 0.15) is 23.1 Å². The van der Waals surface area contributed by atoms with Crippen molar-refractivity contribution in [3.8, 4) is 28.4 Å². The molecular weight excluding hydrogens is 412 g/mol. The highest BCUT2D eigenvalue weighted by molar-refractivity contribution is 5.68. The second-order valence-corrected chi connectivity index (χ2v) is 8.33. The third kappa shape index (κ3) is 5.32. The van der Waals surface area contributed by atoms with Crippen LogP contribution in [0.25, 0.3) is 11.1 Å². The van der Waals surface area contributed by atoms with E-state index in [1.54, 1.807) is 14.2 Å². The molecule has 5 heteroatoms. The van der Waals surface area contributed by atoms with Crippen molar-refractivity contribution in [1.29, 1.82) is 0 Å². The smallest absolute Gasteiger partial charge is 0.130 e. The first-order valence-corrected chi connectivity index (χ1v) is 11.3. The molecule has 1 atom stereocenters. The zero-order chi connectivity index (χ0) is 23.2. The van der Waals surface area contributed by atoms with Gasteiger partial charge in [0.2, 0.25) is 0 Å². The molecule has 0 radical (unpaired) electrons. The van der Waals surface area contributed by atoms with Crippen LogP contribution in [0, 0.1) is 6.92 Å². The molecule has 4 rings (SSSR count).